The molecule has 0 saturated carbocycles. The molecule has 7 heteroatoms. The van der Waals surface area contributed by atoms with Crippen LogP contribution in [-0.4, -0.2) is 44.8 Å². The van der Waals surface area contributed by atoms with Gasteiger partial charge in [0.15, 0.2) is 0 Å². The summed E-state index contributed by atoms with van der Waals surface area (Å²) in [7, 11) is 4.53. The van der Waals surface area contributed by atoms with Crippen molar-refractivity contribution in [2.75, 3.05) is 62.4 Å². The number of nitrogens with two attached hydrogens (primary N) is 2. The molecule has 2 rings (SSSR count). The van der Waals surface area contributed by atoms with E-state index in [1.165, 1.54) is 0 Å². The van der Waals surface area contributed by atoms with Crippen LogP contribution in [0.4, 0.5) is 22.7 Å². The molecule has 0 aliphatic carbocycles. The van der Waals surface area contributed by atoms with Crippen LogP contribution in [0.1, 0.15) is 12.8 Å². The summed E-state index contributed by atoms with van der Waals surface area (Å²) in [5.41, 5.74) is 14.7. The van der Waals surface area contributed by atoms with Crippen molar-refractivity contribution in [3.8, 4) is 0 Å². The van der Waals surface area contributed by atoms with Gasteiger partial charge in [-0.25, -0.2) is 0 Å². The first-order valence-corrected chi connectivity index (χ1v) is 9.92. The third-order valence-electron chi connectivity index (χ3n) is 4.54. The van der Waals surface area contributed by atoms with Crippen molar-refractivity contribution >= 4 is 46.0 Å². The fourth-order valence-corrected chi connectivity index (χ4v) is 3.23. The SMILES string of the molecule is C[N+](C)(CCCNc1ccc(N)c(Cl)c1)CCCNc1ccc(N)c(Cl)c1. The molecule has 5 nitrogen and oxygen atoms in total. The first kappa shape index (κ1) is 21.5. The van der Waals surface area contributed by atoms with Gasteiger partial charge in [-0.3, -0.25) is 0 Å². The molecule has 0 heterocycles. The molecule has 2 aromatic carbocycles. The highest BCUT2D eigenvalue weighted by Crippen LogP contribution is 2.23. The average Bonchev–Trinajstić information content (AvgIpc) is 2.62. The fraction of sp³-hybridized carbons (Fsp3) is 0.400. The zero-order valence-electron chi connectivity index (χ0n) is 16.1. The van der Waals surface area contributed by atoms with Gasteiger partial charge in [0.2, 0.25) is 0 Å². The molecule has 0 aromatic heterocycles. The van der Waals surface area contributed by atoms with E-state index in [9.17, 15) is 0 Å². The summed E-state index contributed by atoms with van der Waals surface area (Å²) >= 11 is 12.1. The van der Waals surface area contributed by atoms with Crippen LogP contribution in [0, 0.1) is 0 Å². The van der Waals surface area contributed by atoms with Gasteiger partial charge in [-0.1, -0.05) is 23.2 Å². The zero-order chi connectivity index (χ0) is 19.9. The Morgan fingerprint density at radius 2 is 1.19 bits per heavy atom. The molecule has 148 valence electrons. The van der Waals surface area contributed by atoms with Crippen molar-refractivity contribution in [2.45, 2.75) is 12.8 Å². The van der Waals surface area contributed by atoms with Gasteiger partial charge in [0, 0.05) is 37.3 Å². The lowest BCUT2D eigenvalue weighted by molar-refractivity contribution is -0.890. The molecular formula is C20H30Cl2N5+. The molecule has 0 aliphatic rings. The summed E-state index contributed by atoms with van der Waals surface area (Å²) in [5.74, 6) is 0. The highest BCUT2D eigenvalue weighted by molar-refractivity contribution is 6.33. The van der Waals surface area contributed by atoms with E-state index in [4.69, 9.17) is 34.7 Å². The maximum atomic E-state index is 6.04. The lowest BCUT2D eigenvalue weighted by Gasteiger charge is -2.30. The first-order valence-electron chi connectivity index (χ1n) is 9.17. The highest BCUT2D eigenvalue weighted by atomic mass is 35.5. The van der Waals surface area contributed by atoms with Gasteiger partial charge in [-0.2, -0.15) is 0 Å². The van der Waals surface area contributed by atoms with E-state index in [-0.39, 0.29) is 0 Å². The number of anilines is 4. The second kappa shape index (κ2) is 9.93. The summed E-state index contributed by atoms with van der Waals surface area (Å²) in [5, 5.41) is 7.98. The Kier molecular flexibility index (Phi) is 7.90. The summed E-state index contributed by atoms with van der Waals surface area (Å²) in [6, 6.07) is 11.3. The maximum absolute atomic E-state index is 6.04. The lowest BCUT2D eigenvalue weighted by atomic mass is 10.2. The molecular weight excluding hydrogens is 381 g/mol. The predicted molar refractivity (Wildman–Crippen MR) is 120 cm³/mol. The predicted octanol–water partition coefficient (Wildman–Crippen LogP) is 4.54. The number of hydrogen-bond acceptors (Lipinski definition) is 4. The Morgan fingerprint density at radius 3 is 1.56 bits per heavy atom. The Morgan fingerprint density at radius 1 is 0.778 bits per heavy atom. The molecule has 6 N–H and O–H groups in total. The number of nitrogens with one attached hydrogen (secondary N) is 2. The number of hydrogen-bond donors (Lipinski definition) is 4. The minimum atomic E-state index is 0.589. The molecule has 0 aliphatic heterocycles. The van der Waals surface area contributed by atoms with Crippen LogP contribution in [-0.2, 0) is 0 Å². The highest BCUT2D eigenvalue weighted by Gasteiger charge is 2.13. The Labute approximate surface area is 172 Å². The largest absolute Gasteiger partial charge is 0.398 e. The fourth-order valence-electron chi connectivity index (χ4n) is 2.87. The molecule has 0 fully saturated rings. The number of halogens is 2. The van der Waals surface area contributed by atoms with Crippen molar-refractivity contribution < 1.29 is 4.48 Å². The van der Waals surface area contributed by atoms with Crippen LogP contribution in [0.15, 0.2) is 36.4 Å². The molecule has 0 radical (unpaired) electrons. The quantitative estimate of drug-likeness (QED) is 0.263. The van der Waals surface area contributed by atoms with Crippen molar-refractivity contribution in [3.05, 3.63) is 46.4 Å². The number of quaternary nitrogens is 1. The van der Waals surface area contributed by atoms with E-state index >= 15 is 0 Å². The van der Waals surface area contributed by atoms with Gasteiger partial charge in [-0.05, 0) is 36.4 Å². The summed E-state index contributed by atoms with van der Waals surface area (Å²) in [6.45, 7) is 4.01. The van der Waals surface area contributed by atoms with E-state index in [2.05, 4.69) is 24.7 Å². The third-order valence-corrected chi connectivity index (χ3v) is 5.19. The van der Waals surface area contributed by atoms with E-state index in [1.807, 2.05) is 36.4 Å². The minimum absolute atomic E-state index is 0.589. The maximum Gasteiger partial charge on any atom is 0.0799 e. The Hall–Kier alpha value is -1.82. The van der Waals surface area contributed by atoms with E-state index in [0.29, 0.717) is 21.4 Å². The molecule has 27 heavy (non-hydrogen) atoms. The van der Waals surface area contributed by atoms with Crippen LogP contribution in [0.3, 0.4) is 0 Å². The summed E-state index contributed by atoms with van der Waals surface area (Å²) < 4.78 is 0.981. The van der Waals surface area contributed by atoms with Gasteiger partial charge in [-0.15, -0.1) is 0 Å². The normalized spacial score (nSPS) is 11.4. The Balaban J connectivity index is 1.64. The molecule has 0 atom stereocenters. The van der Waals surface area contributed by atoms with E-state index in [0.717, 1.165) is 54.9 Å². The van der Waals surface area contributed by atoms with Crippen molar-refractivity contribution in [1.29, 1.82) is 0 Å². The smallest absolute Gasteiger partial charge is 0.0799 e. The second-order valence-corrected chi connectivity index (χ2v) is 8.23. The van der Waals surface area contributed by atoms with Crippen LogP contribution in [0.2, 0.25) is 10.0 Å². The van der Waals surface area contributed by atoms with Crippen LogP contribution >= 0.6 is 23.2 Å². The van der Waals surface area contributed by atoms with Gasteiger partial charge in [0.25, 0.3) is 0 Å². The number of nitrogen functional groups attached to an aromatic ring is 2. The number of rotatable bonds is 10. The van der Waals surface area contributed by atoms with Crippen LogP contribution in [0.25, 0.3) is 0 Å². The molecule has 2 aromatic rings. The van der Waals surface area contributed by atoms with Crippen LogP contribution in [0.5, 0.6) is 0 Å². The zero-order valence-corrected chi connectivity index (χ0v) is 17.6. The van der Waals surface area contributed by atoms with Gasteiger partial charge in [0.05, 0.1) is 48.6 Å². The van der Waals surface area contributed by atoms with Crippen LogP contribution < -0.4 is 22.1 Å². The van der Waals surface area contributed by atoms with Gasteiger partial charge in [0.1, 0.15) is 0 Å². The summed E-state index contributed by atoms with van der Waals surface area (Å²) in [6.07, 6.45) is 2.16. The Bertz CT molecular complexity index is 688. The monoisotopic (exact) mass is 410 g/mol. The second-order valence-electron chi connectivity index (χ2n) is 7.42. The summed E-state index contributed by atoms with van der Waals surface area (Å²) in [4.78, 5) is 0. The molecule has 0 saturated heterocycles. The molecule has 0 bridgehead atoms. The number of benzene rings is 2. The van der Waals surface area contributed by atoms with Crippen molar-refractivity contribution in [2.24, 2.45) is 0 Å². The first-order chi connectivity index (χ1) is 12.8. The molecule has 0 spiro atoms. The third kappa shape index (κ3) is 7.37. The van der Waals surface area contributed by atoms with Crippen molar-refractivity contribution in [3.63, 3.8) is 0 Å². The topological polar surface area (TPSA) is 76.1 Å². The average molecular weight is 411 g/mol. The minimum Gasteiger partial charge on any atom is -0.398 e. The van der Waals surface area contributed by atoms with Gasteiger partial charge >= 0.3 is 0 Å². The standard InChI is InChI=1S/C20H30Cl2N5/c1-27(2,11-3-9-25-15-5-7-19(23)17(21)13-15)12-4-10-26-16-6-8-20(24)18(22)14-16/h5-8,13-14,25-26H,3-4,9-12,23-24H2,1-2H3/q+1. The van der Waals surface area contributed by atoms with Crippen molar-refractivity contribution in [1.82, 2.24) is 0 Å². The van der Waals surface area contributed by atoms with E-state index < -0.39 is 0 Å². The molecule has 0 amide bonds. The van der Waals surface area contributed by atoms with Gasteiger partial charge < -0.3 is 26.6 Å². The molecule has 0 unspecified atom stereocenters. The van der Waals surface area contributed by atoms with E-state index in [1.54, 1.807) is 0 Å². The number of nitrogens with zero attached hydrogens (tertiary/aromatic N) is 1. The lowest BCUT2D eigenvalue weighted by Crippen LogP contribution is -2.42.